The minimum Gasteiger partial charge on any atom is -0.396 e. The van der Waals surface area contributed by atoms with E-state index in [9.17, 15) is 5.11 Å². The Bertz CT molecular complexity index is 369. The molecule has 2 N–H and O–H groups in total. The Morgan fingerprint density at radius 1 is 1.28 bits per heavy atom. The average Bonchev–Trinajstić information content (AvgIpc) is 2.40. The lowest BCUT2D eigenvalue weighted by Gasteiger charge is -2.25. The van der Waals surface area contributed by atoms with Gasteiger partial charge in [0.25, 0.3) is 0 Å². The molecule has 1 aliphatic rings. The molecule has 18 heavy (non-hydrogen) atoms. The molecule has 2 rings (SSSR count). The number of benzene rings is 1. The second kappa shape index (κ2) is 6.35. The maximum absolute atomic E-state index is 9.54. The molecule has 0 aromatic heterocycles. The van der Waals surface area contributed by atoms with Crippen molar-refractivity contribution < 1.29 is 5.11 Å². The van der Waals surface area contributed by atoms with Gasteiger partial charge >= 0.3 is 0 Å². The van der Waals surface area contributed by atoms with E-state index in [1.165, 1.54) is 24.0 Å². The summed E-state index contributed by atoms with van der Waals surface area (Å²) in [5, 5.41) is 13.0. The van der Waals surface area contributed by atoms with Crippen molar-refractivity contribution in [2.75, 3.05) is 19.7 Å². The molecular formula is C16H25NO. The predicted octanol–water partition coefficient (Wildman–Crippen LogP) is 2.89. The third-order valence-corrected chi connectivity index (χ3v) is 4.15. The van der Waals surface area contributed by atoms with Crippen LogP contribution in [-0.2, 0) is 0 Å². The maximum Gasteiger partial charge on any atom is 0.0502 e. The first kappa shape index (κ1) is 13.6. The van der Waals surface area contributed by atoms with E-state index in [0.717, 1.165) is 13.1 Å². The molecule has 0 saturated carbocycles. The van der Waals surface area contributed by atoms with Crippen LogP contribution in [-0.4, -0.2) is 24.8 Å². The van der Waals surface area contributed by atoms with Gasteiger partial charge in [-0.05, 0) is 48.9 Å². The topological polar surface area (TPSA) is 32.3 Å². The molecule has 0 radical (unpaired) electrons. The third-order valence-electron chi connectivity index (χ3n) is 4.15. The monoisotopic (exact) mass is 247 g/mol. The second-order valence-electron chi connectivity index (χ2n) is 5.73. The Morgan fingerprint density at radius 3 is 2.61 bits per heavy atom. The largest absolute Gasteiger partial charge is 0.396 e. The van der Waals surface area contributed by atoms with E-state index in [-0.39, 0.29) is 12.5 Å². The molecule has 0 bridgehead atoms. The summed E-state index contributed by atoms with van der Waals surface area (Å²) in [6.45, 7) is 6.86. The van der Waals surface area contributed by atoms with Crippen LogP contribution >= 0.6 is 0 Å². The molecule has 0 aliphatic carbocycles. The molecule has 1 aliphatic heterocycles. The Morgan fingerprint density at radius 2 is 2.00 bits per heavy atom. The summed E-state index contributed by atoms with van der Waals surface area (Å²) in [4.78, 5) is 0. The van der Waals surface area contributed by atoms with E-state index >= 15 is 0 Å². The van der Waals surface area contributed by atoms with Crippen molar-refractivity contribution in [1.82, 2.24) is 5.32 Å². The van der Waals surface area contributed by atoms with E-state index in [1.54, 1.807) is 0 Å². The SMILES string of the molecule is CC(C)C(CO)c1cccc(C2CCNCC2)c1. The Labute approximate surface area is 110 Å². The fraction of sp³-hybridized carbons (Fsp3) is 0.625. The molecule has 2 nitrogen and oxygen atoms in total. The average molecular weight is 247 g/mol. The van der Waals surface area contributed by atoms with Crippen molar-refractivity contribution in [1.29, 1.82) is 0 Å². The van der Waals surface area contributed by atoms with Crippen LogP contribution in [0.1, 0.15) is 49.7 Å². The highest BCUT2D eigenvalue weighted by atomic mass is 16.3. The van der Waals surface area contributed by atoms with Crippen molar-refractivity contribution in [2.45, 2.75) is 38.5 Å². The molecule has 1 aromatic carbocycles. The summed E-state index contributed by atoms with van der Waals surface area (Å²) in [7, 11) is 0. The zero-order valence-corrected chi connectivity index (χ0v) is 11.5. The van der Waals surface area contributed by atoms with E-state index in [0.29, 0.717) is 11.8 Å². The van der Waals surface area contributed by atoms with Crippen LogP contribution in [0.5, 0.6) is 0 Å². The Kier molecular flexibility index (Phi) is 4.79. The van der Waals surface area contributed by atoms with E-state index in [4.69, 9.17) is 0 Å². The first-order chi connectivity index (χ1) is 8.72. The molecule has 2 heteroatoms. The number of hydrogen-bond donors (Lipinski definition) is 2. The number of hydrogen-bond acceptors (Lipinski definition) is 2. The summed E-state index contributed by atoms with van der Waals surface area (Å²) < 4.78 is 0. The lowest BCUT2D eigenvalue weighted by atomic mass is 9.84. The van der Waals surface area contributed by atoms with Gasteiger partial charge < -0.3 is 10.4 Å². The molecule has 0 spiro atoms. The smallest absolute Gasteiger partial charge is 0.0502 e. The fourth-order valence-electron chi connectivity index (χ4n) is 2.90. The van der Waals surface area contributed by atoms with Gasteiger partial charge in [0, 0.05) is 5.92 Å². The Hall–Kier alpha value is -0.860. The number of aliphatic hydroxyl groups excluding tert-OH is 1. The molecule has 1 atom stereocenters. The summed E-state index contributed by atoms with van der Waals surface area (Å²) in [6.07, 6.45) is 2.46. The number of piperidine rings is 1. The highest BCUT2D eigenvalue weighted by molar-refractivity contribution is 5.29. The first-order valence-electron chi connectivity index (χ1n) is 7.13. The minimum atomic E-state index is 0.243. The van der Waals surface area contributed by atoms with Crippen LogP contribution in [0.3, 0.4) is 0 Å². The highest BCUT2D eigenvalue weighted by Crippen LogP contribution is 2.30. The molecule has 0 amide bonds. The van der Waals surface area contributed by atoms with Crippen LogP contribution in [0.4, 0.5) is 0 Å². The molecular weight excluding hydrogens is 222 g/mol. The fourth-order valence-corrected chi connectivity index (χ4v) is 2.90. The second-order valence-corrected chi connectivity index (χ2v) is 5.73. The van der Waals surface area contributed by atoms with E-state index < -0.39 is 0 Å². The number of rotatable bonds is 4. The zero-order chi connectivity index (χ0) is 13.0. The van der Waals surface area contributed by atoms with Crippen molar-refractivity contribution in [3.8, 4) is 0 Å². The summed E-state index contributed by atoms with van der Waals surface area (Å²) in [5.74, 6) is 1.45. The molecule has 100 valence electrons. The molecule has 1 fully saturated rings. The number of nitrogens with one attached hydrogen (secondary N) is 1. The van der Waals surface area contributed by atoms with Crippen molar-refractivity contribution in [2.24, 2.45) is 5.92 Å². The van der Waals surface area contributed by atoms with Crippen molar-refractivity contribution in [3.05, 3.63) is 35.4 Å². The quantitative estimate of drug-likeness (QED) is 0.857. The molecule has 1 heterocycles. The lowest BCUT2D eigenvalue weighted by Crippen LogP contribution is -2.26. The Balaban J connectivity index is 2.18. The molecule has 1 saturated heterocycles. The maximum atomic E-state index is 9.54. The predicted molar refractivity (Wildman–Crippen MR) is 76.0 cm³/mol. The standard InChI is InChI=1S/C16H25NO/c1-12(2)16(11-18)15-5-3-4-14(10-15)13-6-8-17-9-7-13/h3-5,10,12-13,16-18H,6-9,11H2,1-2H3. The van der Waals surface area contributed by atoms with Crippen LogP contribution < -0.4 is 5.32 Å². The van der Waals surface area contributed by atoms with Crippen LogP contribution in [0.2, 0.25) is 0 Å². The van der Waals surface area contributed by atoms with Crippen molar-refractivity contribution >= 4 is 0 Å². The van der Waals surface area contributed by atoms with Gasteiger partial charge in [-0.25, -0.2) is 0 Å². The van der Waals surface area contributed by atoms with Gasteiger partial charge in [-0.15, -0.1) is 0 Å². The van der Waals surface area contributed by atoms with Crippen molar-refractivity contribution in [3.63, 3.8) is 0 Å². The minimum absolute atomic E-state index is 0.243. The van der Waals surface area contributed by atoms with E-state index in [1.807, 2.05) is 0 Å². The summed E-state index contributed by atoms with van der Waals surface area (Å²) in [5.41, 5.74) is 2.75. The van der Waals surface area contributed by atoms with Crippen LogP contribution in [0.25, 0.3) is 0 Å². The van der Waals surface area contributed by atoms with Gasteiger partial charge in [0.2, 0.25) is 0 Å². The normalized spacial score (nSPS) is 19.1. The highest BCUT2D eigenvalue weighted by Gasteiger charge is 2.18. The van der Waals surface area contributed by atoms with Crippen LogP contribution in [0, 0.1) is 5.92 Å². The summed E-state index contributed by atoms with van der Waals surface area (Å²) in [6, 6.07) is 8.87. The van der Waals surface area contributed by atoms with Gasteiger partial charge in [0.15, 0.2) is 0 Å². The zero-order valence-electron chi connectivity index (χ0n) is 11.5. The van der Waals surface area contributed by atoms with Gasteiger partial charge in [-0.3, -0.25) is 0 Å². The summed E-state index contributed by atoms with van der Waals surface area (Å²) >= 11 is 0. The van der Waals surface area contributed by atoms with Gasteiger partial charge in [-0.1, -0.05) is 38.1 Å². The van der Waals surface area contributed by atoms with Gasteiger partial charge in [-0.2, -0.15) is 0 Å². The first-order valence-corrected chi connectivity index (χ1v) is 7.13. The van der Waals surface area contributed by atoms with E-state index in [2.05, 4.69) is 43.4 Å². The van der Waals surface area contributed by atoms with Crippen LogP contribution in [0.15, 0.2) is 24.3 Å². The molecule has 1 unspecified atom stereocenters. The van der Waals surface area contributed by atoms with Gasteiger partial charge in [0.05, 0.1) is 6.61 Å². The third kappa shape index (κ3) is 3.12. The van der Waals surface area contributed by atoms with Gasteiger partial charge in [0.1, 0.15) is 0 Å². The lowest BCUT2D eigenvalue weighted by molar-refractivity contribution is 0.237. The number of aliphatic hydroxyl groups is 1. The molecule has 1 aromatic rings.